The summed E-state index contributed by atoms with van der Waals surface area (Å²) in [5.74, 6) is -0.157. The van der Waals surface area contributed by atoms with Gasteiger partial charge in [0, 0.05) is 24.2 Å². The van der Waals surface area contributed by atoms with Gasteiger partial charge in [0.05, 0.1) is 18.8 Å². The van der Waals surface area contributed by atoms with Gasteiger partial charge in [-0.25, -0.2) is 0 Å². The summed E-state index contributed by atoms with van der Waals surface area (Å²) in [6.07, 6.45) is 4.30. The number of hydrogen-bond acceptors (Lipinski definition) is 4. The van der Waals surface area contributed by atoms with Crippen molar-refractivity contribution >= 4 is 17.5 Å². The van der Waals surface area contributed by atoms with E-state index in [2.05, 4.69) is 0 Å². The Labute approximate surface area is 140 Å². The number of nitrogens with zero attached hydrogens (tertiary/aromatic N) is 1. The zero-order chi connectivity index (χ0) is 17.3. The summed E-state index contributed by atoms with van der Waals surface area (Å²) in [4.78, 5) is 26.1. The summed E-state index contributed by atoms with van der Waals surface area (Å²) < 4.78 is 5.40. The molecule has 2 amide bonds. The number of amides is 2. The Kier molecular flexibility index (Phi) is 4.57. The quantitative estimate of drug-likeness (QED) is 0.860. The van der Waals surface area contributed by atoms with Crippen LogP contribution in [0.1, 0.15) is 42.5 Å². The van der Waals surface area contributed by atoms with Gasteiger partial charge in [0.25, 0.3) is 5.91 Å². The second kappa shape index (κ2) is 6.65. The number of rotatable bonds is 5. The molecule has 6 nitrogen and oxygen atoms in total. The lowest BCUT2D eigenvalue weighted by molar-refractivity contribution is -0.115. The van der Waals surface area contributed by atoms with Crippen LogP contribution in [0.25, 0.3) is 0 Å². The molecule has 1 heterocycles. The van der Waals surface area contributed by atoms with E-state index in [4.69, 9.17) is 10.5 Å². The van der Waals surface area contributed by atoms with Gasteiger partial charge in [-0.3, -0.25) is 14.5 Å². The first-order valence-corrected chi connectivity index (χ1v) is 8.22. The van der Waals surface area contributed by atoms with Gasteiger partial charge >= 0.3 is 0 Å². The molecule has 0 spiro atoms. The first-order valence-electron chi connectivity index (χ1n) is 8.22. The number of benzene rings is 1. The summed E-state index contributed by atoms with van der Waals surface area (Å²) >= 11 is 0. The van der Waals surface area contributed by atoms with Crippen molar-refractivity contribution in [3.8, 4) is 5.75 Å². The number of fused-ring (bicyclic) bond motifs is 1. The minimum atomic E-state index is -0.537. The average molecular weight is 330 g/mol. The largest absolute Gasteiger partial charge is 0.495 e. The molecule has 1 fully saturated rings. The molecule has 1 atom stereocenters. The third kappa shape index (κ3) is 2.67. The number of aliphatic hydroxyl groups is 1. The summed E-state index contributed by atoms with van der Waals surface area (Å²) in [6.45, 7) is -0.0388. The Morgan fingerprint density at radius 1 is 1.42 bits per heavy atom. The number of hydrogen-bond donors (Lipinski definition) is 2. The van der Waals surface area contributed by atoms with Crippen LogP contribution in [0, 0.1) is 0 Å². The maximum absolute atomic E-state index is 13.0. The van der Waals surface area contributed by atoms with Crippen LogP contribution in [-0.4, -0.2) is 36.7 Å². The molecule has 3 N–H and O–H groups in total. The van der Waals surface area contributed by atoms with Gasteiger partial charge in [-0.05, 0) is 43.0 Å². The molecule has 24 heavy (non-hydrogen) atoms. The molecule has 3 rings (SSSR count). The number of primary amides is 1. The summed E-state index contributed by atoms with van der Waals surface area (Å²) in [6, 6.07) is 4.91. The summed E-state index contributed by atoms with van der Waals surface area (Å²) in [7, 11) is 1.51. The van der Waals surface area contributed by atoms with Crippen LogP contribution in [0.4, 0.5) is 5.69 Å². The maximum Gasteiger partial charge on any atom is 0.254 e. The lowest BCUT2D eigenvalue weighted by Gasteiger charge is -2.31. The third-order valence-electron chi connectivity index (χ3n) is 4.84. The Morgan fingerprint density at radius 3 is 2.88 bits per heavy atom. The van der Waals surface area contributed by atoms with Crippen molar-refractivity contribution in [1.29, 1.82) is 0 Å². The Morgan fingerprint density at radius 2 is 2.21 bits per heavy atom. The SMILES string of the molecule is COc1cc(C(N)=O)ccc1N1C(=O)C(CCO)=C2CCCCC21. The Hall–Kier alpha value is -2.34. The van der Waals surface area contributed by atoms with Gasteiger partial charge in [0.1, 0.15) is 5.75 Å². The molecule has 1 aromatic rings. The predicted octanol–water partition coefficient (Wildman–Crippen LogP) is 1.76. The molecule has 1 aromatic carbocycles. The summed E-state index contributed by atoms with van der Waals surface area (Å²) in [5, 5.41) is 9.31. The van der Waals surface area contributed by atoms with Crippen molar-refractivity contribution in [2.75, 3.05) is 18.6 Å². The standard InChI is InChI=1S/C18H22N2O4/c1-24-16-10-11(17(19)22)6-7-15(16)20-14-5-3-2-4-12(14)13(8-9-21)18(20)23/h6-7,10,14,21H,2-5,8-9H2,1H3,(H2,19,22). The zero-order valence-electron chi connectivity index (χ0n) is 13.7. The zero-order valence-corrected chi connectivity index (χ0v) is 13.7. The Balaban J connectivity index is 2.03. The second-order valence-electron chi connectivity index (χ2n) is 6.17. The molecular weight excluding hydrogens is 308 g/mol. The highest BCUT2D eigenvalue weighted by atomic mass is 16.5. The van der Waals surface area contributed by atoms with Crippen molar-refractivity contribution in [3.63, 3.8) is 0 Å². The topological polar surface area (TPSA) is 92.9 Å². The van der Waals surface area contributed by atoms with Gasteiger partial charge in [0.15, 0.2) is 0 Å². The lowest BCUT2D eigenvalue weighted by Crippen LogP contribution is -2.37. The van der Waals surface area contributed by atoms with Gasteiger partial charge in [0.2, 0.25) is 5.91 Å². The van der Waals surface area contributed by atoms with Crippen LogP contribution in [0.5, 0.6) is 5.75 Å². The van der Waals surface area contributed by atoms with Crippen LogP contribution in [-0.2, 0) is 4.79 Å². The molecule has 1 saturated carbocycles. The Bertz CT molecular complexity index is 711. The van der Waals surface area contributed by atoms with Crippen LogP contribution in [0.15, 0.2) is 29.3 Å². The highest BCUT2D eigenvalue weighted by molar-refractivity contribution is 6.11. The first-order chi connectivity index (χ1) is 11.6. The van der Waals surface area contributed by atoms with E-state index in [1.54, 1.807) is 23.1 Å². The van der Waals surface area contributed by atoms with Gasteiger partial charge in [-0.1, -0.05) is 6.42 Å². The van der Waals surface area contributed by atoms with Crippen molar-refractivity contribution < 1.29 is 19.4 Å². The minimum absolute atomic E-state index is 0.0149. The molecule has 128 valence electrons. The predicted molar refractivity (Wildman–Crippen MR) is 90.0 cm³/mol. The van der Waals surface area contributed by atoms with Crippen LogP contribution in [0.2, 0.25) is 0 Å². The number of nitrogens with two attached hydrogens (primary N) is 1. The van der Waals surface area contributed by atoms with Crippen LogP contribution in [0.3, 0.4) is 0 Å². The third-order valence-corrected chi connectivity index (χ3v) is 4.84. The average Bonchev–Trinajstić information content (AvgIpc) is 2.87. The fourth-order valence-corrected chi connectivity index (χ4v) is 3.74. The monoisotopic (exact) mass is 330 g/mol. The molecule has 6 heteroatoms. The molecule has 0 aromatic heterocycles. The van der Waals surface area contributed by atoms with Crippen molar-refractivity contribution in [2.45, 2.75) is 38.1 Å². The number of carbonyl (C=O) groups excluding carboxylic acids is 2. The number of aliphatic hydroxyl groups excluding tert-OH is 1. The fraction of sp³-hybridized carbons (Fsp3) is 0.444. The van der Waals surface area contributed by atoms with E-state index in [-0.39, 0.29) is 18.6 Å². The highest BCUT2D eigenvalue weighted by Gasteiger charge is 2.41. The van der Waals surface area contributed by atoms with Crippen molar-refractivity contribution in [2.24, 2.45) is 5.73 Å². The van der Waals surface area contributed by atoms with E-state index in [0.717, 1.165) is 36.8 Å². The molecule has 2 aliphatic rings. The number of ether oxygens (including phenoxy) is 1. The lowest BCUT2D eigenvalue weighted by atomic mass is 9.88. The molecule has 0 bridgehead atoms. The van der Waals surface area contributed by atoms with Crippen molar-refractivity contribution in [3.05, 3.63) is 34.9 Å². The van der Waals surface area contributed by atoms with Gasteiger partial charge in [-0.2, -0.15) is 0 Å². The van der Waals surface area contributed by atoms with Gasteiger partial charge in [-0.15, -0.1) is 0 Å². The minimum Gasteiger partial charge on any atom is -0.495 e. The first kappa shape index (κ1) is 16.5. The number of carbonyl (C=O) groups is 2. The number of methoxy groups -OCH3 is 1. The van der Waals surface area contributed by atoms with E-state index >= 15 is 0 Å². The van der Waals surface area contributed by atoms with E-state index in [9.17, 15) is 14.7 Å². The smallest absolute Gasteiger partial charge is 0.254 e. The molecule has 0 radical (unpaired) electrons. The van der Waals surface area contributed by atoms with E-state index < -0.39 is 5.91 Å². The van der Waals surface area contributed by atoms with E-state index in [1.807, 2.05) is 0 Å². The molecule has 1 unspecified atom stereocenters. The molecular formula is C18H22N2O4. The highest BCUT2D eigenvalue weighted by Crippen LogP contribution is 2.43. The van der Waals surface area contributed by atoms with Gasteiger partial charge < -0.3 is 15.6 Å². The van der Waals surface area contributed by atoms with E-state index in [0.29, 0.717) is 23.4 Å². The number of anilines is 1. The van der Waals surface area contributed by atoms with Crippen LogP contribution >= 0.6 is 0 Å². The normalized spacial score (nSPS) is 20.3. The van der Waals surface area contributed by atoms with Crippen LogP contribution < -0.4 is 15.4 Å². The summed E-state index contributed by atoms with van der Waals surface area (Å²) in [5.41, 5.74) is 8.18. The maximum atomic E-state index is 13.0. The molecule has 1 aliphatic carbocycles. The molecule has 0 saturated heterocycles. The second-order valence-corrected chi connectivity index (χ2v) is 6.17. The fourth-order valence-electron chi connectivity index (χ4n) is 3.74. The van der Waals surface area contributed by atoms with E-state index in [1.165, 1.54) is 7.11 Å². The van der Waals surface area contributed by atoms with Crippen molar-refractivity contribution in [1.82, 2.24) is 0 Å². The molecule has 1 aliphatic heterocycles.